The lowest BCUT2D eigenvalue weighted by Crippen LogP contribution is -2.12. The second kappa shape index (κ2) is 11.2. The molecule has 21 heavy (non-hydrogen) atoms. The van der Waals surface area contributed by atoms with Crippen molar-refractivity contribution >= 4 is 47.4 Å². The van der Waals surface area contributed by atoms with Crippen molar-refractivity contribution in [1.29, 1.82) is 0 Å². The molecule has 0 atom stereocenters. The van der Waals surface area contributed by atoms with Crippen LogP contribution < -0.4 is 9.44 Å². The van der Waals surface area contributed by atoms with E-state index in [1.165, 1.54) is 38.5 Å². The second-order valence-electron chi connectivity index (χ2n) is 4.60. The number of halogens is 1. The molecule has 8 heteroatoms. The van der Waals surface area contributed by atoms with Crippen molar-refractivity contribution in [3.05, 3.63) is 5.28 Å². The maximum absolute atomic E-state index is 5.87. The van der Waals surface area contributed by atoms with Crippen LogP contribution in [0.4, 0.5) is 11.9 Å². The van der Waals surface area contributed by atoms with Gasteiger partial charge in [-0.15, -0.1) is 0 Å². The Morgan fingerprint density at radius 1 is 0.952 bits per heavy atom. The van der Waals surface area contributed by atoms with E-state index in [4.69, 9.17) is 17.3 Å². The Labute approximate surface area is 141 Å². The van der Waals surface area contributed by atoms with Crippen LogP contribution in [-0.2, 0) is 0 Å². The fraction of sp³-hybridized carbons (Fsp3) is 0.769. The van der Waals surface area contributed by atoms with Gasteiger partial charge in [0.2, 0.25) is 11.2 Å². The minimum atomic E-state index is 0.144. The van der Waals surface area contributed by atoms with Crippen LogP contribution in [0.15, 0.2) is 0 Å². The first-order valence-corrected chi connectivity index (χ1v) is 9.66. The number of unbranched alkanes of at least 4 members (excludes halogenated alkanes) is 4. The highest BCUT2D eigenvalue weighted by Crippen LogP contribution is 2.30. The van der Waals surface area contributed by atoms with Gasteiger partial charge in [-0.3, -0.25) is 0 Å². The SMILES string of the molecule is CCCCCSN(SCCCCC)c1nc(N)nc(Cl)n1. The molecule has 0 aliphatic rings. The van der Waals surface area contributed by atoms with Gasteiger partial charge >= 0.3 is 0 Å². The van der Waals surface area contributed by atoms with Crippen LogP contribution in [0.2, 0.25) is 5.28 Å². The van der Waals surface area contributed by atoms with Crippen LogP contribution in [0.25, 0.3) is 0 Å². The number of nitrogen functional groups attached to an aromatic ring is 1. The Hall–Kier alpha value is -0.400. The van der Waals surface area contributed by atoms with Gasteiger partial charge in [-0.25, -0.2) is 3.71 Å². The Morgan fingerprint density at radius 2 is 1.52 bits per heavy atom. The van der Waals surface area contributed by atoms with E-state index in [0.717, 1.165) is 11.5 Å². The Bertz CT molecular complexity index is 376. The highest BCUT2D eigenvalue weighted by Gasteiger charge is 2.13. The summed E-state index contributed by atoms with van der Waals surface area (Å²) in [5.41, 5.74) is 5.66. The topological polar surface area (TPSA) is 67.9 Å². The first kappa shape index (κ1) is 18.6. The number of aromatic nitrogens is 3. The quantitative estimate of drug-likeness (QED) is 0.462. The van der Waals surface area contributed by atoms with E-state index in [-0.39, 0.29) is 11.2 Å². The molecule has 0 bridgehead atoms. The average molecular weight is 350 g/mol. The lowest BCUT2D eigenvalue weighted by atomic mass is 10.3. The zero-order chi connectivity index (χ0) is 15.5. The van der Waals surface area contributed by atoms with E-state index < -0.39 is 0 Å². The van der Waals surface area contributed by atoms with Crippen molar-refractivity contribution in [2.75, 3.05) is 20.9 Å². The molecule has 0 amide bonds. The van der Waals surface area contributed by atoms with Crippen molar-refractivity contribution < 1.29 is 0 Å². The largest absolute Gasteiger partial charge is 0.368 e. The van der Waals surface area contributed by atoms with Gasteiger partial charge in [0.25, 0.3) is 5.95 Å². The average Bonchev–Trinajstić information content (AvgIpc) is 2.44. The number of rotatable bonds is 11. The molecular weight excluding hydrogens is 326 g/mol. The Morgan fingerprint density at radius 3 is 2.00 bits per heavy atom. The van der Waals surface area contributed by atoms with Crippen molar-refractivity contribution in [2.45, 2.75) is 52.4 Å². The van der Waals surface area contributed by atoms with Gasteiger partial charge in [0.05, 0.1) is 0 Å². The van der Waals surface area contributed by atoms with E-state index in [2.05, 4.69) is 28.8 Å². The summed E-state index contributed by atoms with van der Waals surface area (Å²) in [6.45, 7) is 4.41. The molecular formula is C13H24ClN5S2. The third-order valence-corrected chi connectivity index (χ3v) is 5.23. The summed E-state index contributed by atoms with van der Waals surface area (Å²) in [5, 5.41) is 0.144. The van der Waals surface area contributed by atoms with Gasteiger partial charge in [0, 0.05) is 11.5 Å². The Balaban J connectivity index is 2.60. The number of anilines is 2. The molecule has 1 rings (SSSR count). The van der Waals surface area contributed by atoms with E-state index in [1.807, 2.05) is 3.71 Å². The molecule has 2 N–H and O–H groups in total. The van der Waals surface area contributed by atoms with Gasteiger partial charge in [0.1, 0.15) is 0 Å². The highest BCUT2D eigenvalue weighted by molar-refractivity contribution is 8.18. The standard InChI is InChI=1S/C13H24ClN5S2/c1-3-5-7-9-20-19(21-10-8-6-4-2)13-17-11(14)16-12(15)18-13/h3-10H2,1-2H3,(H2,15,16,17,18). The molecule has 1 aromatic heterocycles. The minimum absolute atomic E-state index is 0.144. The van der Waals surface area contributed by atoms with Crippen LogP contribution >= 0.6 is 35.5 Å². The van der Waals surface area contributed by atoms with Gasteiger partial charge in [-0.05, 0) is 48.3 Å². The molecule has 0 saturated carbocycles. The molecule has 0 spiro atoms. The molecule has 1 heterocycles. The van der Waals surface area contributed by atoms with Gasteiger partial charge in [-0.2, -0.15) is 15.0 Å². The summed E-state index contributed by atoms with van der Waals surface area (Å²) in [6.07, 6.45) is 7.27. The normalized spacial score (nSPS) is 10.8. The zero-order valence-corrected chi connectivity index (χ0v) is 15.1. The van der Waals surface area contributed by atoms with Crippen molar-refractivity contribution in [3.63, 3.8) is 0 Å². The molecule has 120 valence electrons. The summed E-state index contributed by atoms with van der Waals surface area (Å²) in [4.78, 5) is 12.2. The molecule has 0 unspecified atom stereocenters. The van der Waals surface area contributed by atoms with E-state index in [9.17, 15) is 0 Å². The molecule has 0 aliphatic carbocycles. The summed E-state index contributed by atoms with van der Waals surface area (Å²) in [5.74, 6) is 2.78. The van der Waals surface area contributed by atoms with Gasteiger partial charge < -0.3 is 5.73 Å². The molecule has 5 nitrogen and oxygen atoms in total. The minimum Gasteiger partial charge on any atom is -0.368 e. The van der Waals surface area contributed by atoms with Crippen LogP contribution in [-0.4, -0.2) is 26.5 Å². The van der Waals surface area contributed by atoms with Crippen LogP contribution in [0.1, 0.15) is 52.4 Å². The van der Waals surface area contributed by atoms with Crippen LogP contribution in [0.5, 0.6) is 0 Å². The van der Waals surface area contributed by atoms with Crippen LogP contribution in [0, 0.1) is 0 Å². The first-order valence-electron chi connectivity index (χ1n) is 7.40. The highest BCUT2D eigenvalue weighted by atomic mass is 35.5. The Kier molecular flexibility index (Phi) is 9.95. The lowest BCUT2D eigenvalue weighted by Gasteiger charge is -2.19. The number of nitrogens with zero attached hydrogens (tertiary/aromatic N) is 4. The fourth-order valence-electron chi connectivity index (χ4n) is 1.59. The first-order chi connectivity index (χ1) is 10.2. The number of hydrogen-bond acceptors (Lipinski definition) is 7. The number of nitrogens with two attached hydrogens (primary N) is 1. The molecule has 0 fully saturated rings. The third kappa shape index (κ3) is 7.97. The molecule has 0 saturated heterocycles. The van der Waals surface area contributed by atoms with Gasteiger partial charge in [0.15, 0.2) is 0 Å². The van der Waals surface area contributed by atoms with Gasteiger partial charge in [-0.1, -0.05) is 39.5 Å². The molecule has 0 aromatic carbocycles. The van der Waals surface area contributed by atoms with Crippen molar-refractivity contribution in [2.24, 2.45) is 0 Å². The molecule has 1 aromatic rings. The lowest BCUT2D eigenvalue weighted by molar-refractivity contribution is 0.777. The summed E-state index contributed by atoms with van der Waals surface area (Å²) in [7, 11) is 0. The predicted octanol–water partition coefficient (Wildman–Crippen LogP) is 4.59. The van der Waals surface area contributed by atoms with E-state index in [0.29, 0.717) is 5.95 Å². The maximum atomic E-state index is 5.87. The maximum Gasteiger partial charge on any atom is 0.252 e. The molecule has 0 aliphatic heterocycles. The fourth-order valence-corrected chi connectivity index (χ4v) is 3.89. The predicted molar refractivity (Wildman–Crippen MR) is 95.7 cm³/mol. The summed E-state index contributed by atoms with van der Waals surface area (Å²) in [6, 6.07) is 0. The van der Waals surface area contributed by atoms with Crippen molar-refractivity contribution in [1.82, 2.24) is 15.0 Å². The second-order valence-corrected chi connectivity index (χ2v) is 7.23. The van der Waals surface area contributed by atoms with E-state index >= 15 is 0 Å². The molecule has 0 radical (unpaired) electrons. The summed E-state index contributed by atoms with van der Waals surface area (Å²) < 4.78 is 2.02. The zero-order valence-electron chi connectivity index (χ0n) is 12.7. The number of hydrogen-bond donors (Lipinski definition) is 1. The van der Waals surface area contributed by atoms with Crippen molar-refractivity contribution in [3.8, 4) is 0 Å². The monoisotopic (exact) mass is 349 g/mol. The third-order valence-electron chi connectivity index (χ3n) is 2.69. The van der Waals surface area contributed by atoms with Crippen LogP contribution in [0.3, 0.4) is 0 Å². The smallest absolute Gasteiger partial charge is 0.252 e. The van der Waals surface area contributed by atoms with E-state index in [1.54, 1.807) is 23.9 Å². The summed E-state index contributed by atoms with van der Waals surface area (Å²) >= 11 is 9.31.